The summed E-state index contributed by atoms with van der Waals surface area (Å²) in [4.78, 5) is 14.3. The Morgan fingerprint density at radius 2 is 2.14 bits per heavy atom. The van der Waals surface area contributed by atoms with Gasteiger partial charge in [-0.3, -0.25) is 13.7 Å². The number of hydrogen-bond acceptors (Lipinski definition) is 3. The Balaban J connectivity index is 1.76. The zero-order valence-electron chi connectivity index (χ0n) is 12.3. The van der Waals surface area contributed by atoms with Crippen molar-refractivity contribution in [1.29, 1.82) is 0 Å². The van der Waals surface area contributed by atoms with Crippen LogP contribution in [0.15, 0.2) is 30.5 Å². The Labute approximate surface area is 126 Å². The van der Waals surface area contributed by atoms with Crippen molar-refractivity contribution in [3.05, 3.63) is 30.5 Å². The first-order valence-corrected chi connectivity index (χ1v) is 8.36. The second kappa shape index (κ2) is 5.26. The fourth-order valence-electron chi connectivity index (χ4n) is 2.67. The van der Waals surface area contributed by atoms with Crippen molar-refractivity contribution in [3.63, 3.8) is 0 Å². The first kappa shape index (κ1) is 14.3. The van der Waals surface area contributed by atoms with Gasteiger partial charge in [-0.15, -0.1) is 0 Å². The molecule has 0 bridgehead atoms. The van der Waals surface area contributed by atoms with Gasteiger partial charge in [-0.25, -0.2) is 0 Å². The summed E-state index contributed by atoms with van der Waals surface area (Å²) >= 11 is 0. The summed E-state index contributed by atoms with van der Waals surface area (Å²) in [6.45, 7) is 5.24. The number of carbonyl (C=O) groups is 1. The molecule has 1 aromatic heterocycles. The standard InChI is InChI=1S/C15H19N3O2S/c1-15(2)11-17(7-8-21(15)20)14(19)10-18-13-6-4-3-5-12(13)9-16-18/h3-6,9H,7-8,10-11H2,1-2H3. The van der Waals surface area contributed by atoms with Gasteiger partial charge >= 0.3 is 0 Å². The highest BCUT2D eigenvalue weighted by Crippen LogP contribution is 2.21. The van der Waals surface area contributed by atoms with Crippen molar-refractivity contribution >= 4 is 27.6 Å². The van der Waals surface area contributed by atoms with Crippen LogP contribution in [-0.4, -0.2) is 48.4 Å². The van der Waals surface area contributed by atoms with Crippen LogP contribution < -0.4 is 0 Å². The molecule has 1 aromatic carbocycles. The summed E-state index contributed by atoms with van der Waals surface area (Å²) in [6.07, 6.45) is 1.78. The summed E-state index contributed by atoms with van der Waals surface area (Å²) < 4.78 is 13.3. The third-order valence-electron chi connectivity index (χ3n) is 3.92. The monoisotopic (exact) mass is 305 g/mol. The normalized spacial score (nSPS) is 21.6. The van der Waals surface area contributed by atoms with Crippen LogP contribution in [0.3, 0.4) is 0 Å². The van der Waals surface area contributed by atoms with E-state index in [0.717, 1.165) is 10.9 Å². The molecule has 0 radical (unpaired) electrons. The number of amides is 1. The van der Waals surface area contributed by atoms with Gasteiger partial charge in [-0.05, 0) is 19.9 Å². The molecule has 1 saturated heterocycles. The summed E-state index contributed by atoms with van der Waals surface area (Å²) in [7, 11) is -0.865. The van der Waals surface area contributed by atoms with E-state index >= 15 is 0 Å². The number of hydrogen-bond donors (Lipinski definition) is 0. The number of benzene rings is 1. The third kappa shape index (κ3) is 2.72. The highest BCUT2D eigenvalue weighted by molar-refractivity contribution is 7.86. The molecule has 0 spiro atoms. The lowest BCUT2D eigenvalue weighted by Gasteiger charge is -2.37. The summed E-state index contributed by atoms with van der Waals surface area (Å²) in [5.74, 6) is 0.590. The molecular weight excluding hydrogens is 286 g/mol. The topological polar surface area (TPSA) is 55.2 Å². The van der Waals surface area contributed by atoms with Gasteiger partial charge in [0.1, 0.15) is 6.54 Å². The van der Waals surface area contributed by atoms with Crippen molar-refractivity contribution in [3.8, 4) is 0 Å². The Morgan fingerprint density at radius 3 is 2.90 bits per heavy atom. The molecule has 6 heteroatoms. The Hall–Kier alpha value is -1.69. The van der Waals surface area contributed by atoms with Gasteiger partial charge in [-0.1, -0.05) is 18.2 Å². The van der Waals surface area contributed by atoms with Gasteiger partial charge in [-0.2, -0.15) is 5.10 Å². The third-order valence-corrected chi connectivity index (χ3v) is 5.84. The van der Waals surface area contributed by atoms with Gasteiger partial charge in [0.15, 0.2) is 0 Å². The van der Waals surface area contributed by atoms with Gasteiger partial charge in [0.2, 0.25) is 5.91 Å². The molecular formula is C15H19N3O2S. The predicted molar refractivity (Wildman–Crippen MR) is 83.4 cm³/mol. The van der Waals surface area contributed by atoms with Gasteiger partial charge in [0.25, 0.3) is 0 Å². The zero-order chi connectivity index (χ0) is 15.0. The van der Waals surface area contributed by atoms with Gasteiger partial charge in [0, 0.05) is 35.0 Å². The second-order valence-corrected chi connectivity index (χ2v) is 8.19. The Bertz CT molecular complexity index is 708. The highest BCUT2D eigenvalue weighted by atomic mass is 32.2. The minimum atomic E-state index is -0.865. The molecule has 5 nitrogen and oxygen atoms in total. The minimum Gasteiger partial charge on any atom is -0.339 e. The SMILES string of the molecule is CC1(C)CN(C(=O)Cn2ncc3ccccc32)CCS1=O. The van der Waals surface area contributed by atoms with E-state index in [9.17, 15) is 9.00 Å². The molecule has 3 rings (SSSR count). The fourth-order valence-corrected chi connectivity index (χ4v) is 3.91. The molecule has 21 heavy (non-hydrogen) atoms. The molecule has 1 atom stereocenters. The molecule has 112 valence electrons. The van der Waals surface area contributed by atoms with Crippen LogP contribution in [0.4, 0.5) is 0 Å². The van der Waals surface area contributed by atoms with Crippen LogP contribution in [0.1, 0.15) is 13.8 Å². The smallest absolute Gasteiger partial charge is 0.244 e. The summed E-state index contributed by atoms with van der Waals surface area (Å²) in [6, 6.07) is 7.85. The maximum absolute atomic E-state index is 12.5. The van der Waals surface area contributed by atoms with E-state index in [0.29, 0.717) is 18.8 Å². The number of nitrogens with zero attached hydrogens (tertiary/aromatic N) is 3. The van der Waals surface area contributed by atoms with E-state index in [4.69, 9.17) is 0 Å². The predicted octanol–water partition coefficient (Wildman–Crippen LogP) is 1.41. The van der Waals surface area contributed by atoms with E-state index in [-0.39, 0.29) is 17.2 Å². The molecule has 1 aliphatic heterocycles. The van der Waals surface area contributed by atoms with E-state index in [1.807, 2.05) is 38.1 Å². The van der Waals surface area contributed by atoms with Crippen molar-refractivity contribution < 1.29 is 9.00 Å². The number of carbonyl (C=O) groups excluding carboxylic acids is 1. The number of fused-ring (bicyclic) bond motifs is 1. The summed E-state index contributed by atoms with van der Waals surface area (Å²) in [5, 5.41) is 5.32. The first-order valence-electron chi connectivity index (χ1n) is 7.04. The van der Waals surface area contributed by atoms with E-state index < -0.39 is 10.8 Å². The number of aromatic nitrogens is 2. The second-order valence-electron chi connectivity index (χ2n) is 5.99. The van der Waals surface area contributed by atoms with Gasteiger partial charge in [0.05, 0.1) is 16.5 Å². The maximum atomic E-state index is 12.5. The molecule has 1 amide bonds. The van der Waals surface area contributed by atoms with Crippen molar-refractivity contribution in [1.82, 2.24) is 14.7 Å². The average Bonchev–Trinajstić information content (AvgIpc) is 2.85. The molecule has 0 aliphatic carbocycles. The molecule has 1 fully saturated rings. The number of para-hydroxylation sites is 1. The molecule has 0 N–H and O–H groups in total. The highest BCUT2D eigenvalue weighted by Gasteiger charge is 2.35. The van der Waals surface area contributed by atoms with Crippen LogP contribution in [0.5, 0.6) is 0 Å². The lowest BCUT2D eigenvalue weighted by molar-refractivity contribution is -0.132. The van der Waals surface area contributed by atoms with Crippen molar-refractivity contribution in [2.75, 3.05) is 18.8 Å². The first-order chi connectivity index (χ1) is 9.97. The van der Waals surface area contributed by atoms with Crippen LogP contribution >= 0.6 is 0 Å². The lowest BCUT2D eigenvalue weighted by Crippen LogP contribution is -2.52. The summed E-state index contributed by atoms with van der Waals surface area (Å²) in [5.41, 5.74) is 0.964. The Kier molecular flexibility index (Phi) is 3.57. The van der Waals surface area contributed by atoms with E-state index in [2.05, 4.69) is 5.10 Å². The largest absolute Gasteiger partial charge is 0.339 e. The average molecular weight is 305 g/mol. The van der Waals surface area contributed by atoms with E-state index in [1.165, 1.54) is 0 Å². The minimum absolute atomic E-state index is 0.0358. The Morgan fingerprint density at radius 1 is 1.38 bits per heavy atom. The molecule has 0 saturated carbocycles. The molecule has 1 unspecified atom stereocenters. The zero-order valence-corrected chi connectivity index (χ0v) is 13.1. The molecule has 2 heterocycles. The molecule has 2 aromatic rings. The molecule has 1 aliphatic rings. The van der Waals surface area contributed by atoms with Crippen molar-refractivity contribution in [2.24, 2.45) is 0 Å². The van der Waals surface area contributed by atoms with E-state index in [1.54, 1.807) is 15.8 Å². The maximum Gasteiger partial charge on any atom is 0.244 e. The van der Waals surface area contributed by atoms with Crippen LogP contribution in [0.2, 0.25) is 0 Å². The van der Waals surface area contributed by atoms with Crippen LogP contribution in [0.25, 0.3) is 10.9 Å². The van der Waals surface area contributed by atoms with Crippen LogP contribution in [-0.2, 0) is 22.1 Å². The fraction of sp³-hybridized carbons (Fsp3) is 0.467. The number of rotatable bonds is 2. The quantitative estimate of drug-likeness (QED) is 0.843. The van der Waals surface area contributed by atoms with Gasteiger partial charge < -0.3 is 4.90 Å². The van der Waals surface area contributed by atoms with Crippen molar-refractivity contribution in [2.45, 2.75) is 25.1 Å². The lowest BCUT2D eigenvalue weighted by atomic mass is 10.2. The van der Waals surface area contributed by atoms with Crippen LogP contribution in [0, 0.1) is 0 Å².